The fourth-order valence-electron chi connectivity index (χ4n) is 3.64. The Morgan fingerprint density at radius 3 is 2.85 bits per heavy atom. The molecule has 4 rings (SSSR count). The van der Waals surface area contributed by atoms with Crippen LogP contribution in [0.5, 0.6) is 0 Å². The quantitative estimate of drug-likeness (QED) is 0.308. The second kappa shape index (κ2) is 8.73. The van der Waals surface area contributed by atoms with E-state index in [1.807, 2.05) is 7.05 Å². The number of rotatable bonds is 3. The van der Waals surface area contributed by atoms with E-state index in [-0.39, 0.29) is 24.0 Å². The highest BCUT2D eigenvalue weighted by atomic mass is 127. The number of hydrogen-bond acceptors (Lipinski definition) is 2. The molecule has 0 saturated carbocycles. The summed E-state index contributed by atoms with van der Waals surface area (Å²) in [5.41, 5.74) is 6.23. The van der Waals surface area contributed by atoms with Crippen LogP contribution in [0.2, 0.25) is 0 Å². The van der Waals surface area contributed by atoms with Crippen LogP contribution in [0.4, 0.5) is 0 Å². The zero-order valence-electron chi connectivity index (χ0n) is 15.7. The van der Waals surface area contributed by atoms with Crippen molar-refractivity contribution < 1.29 is 0 Å². The van der Waals surface area contributed by atoms with E-state index in [4.69, 9.17) is 0 Å². The molecule has 1 atom stereocenters. The van der Waals surface area contributed by atoms with Gasteiger partial charge in [-0.1, -0.05) is 30.3 Å². The van der Waals surface area contributed by atoms with Crippen molar-refractivity contribution in [2.75, 3.05) is 7.05 Å². The normalized spacial score (nSPS) is 16.5. The van der Waals surface area contributed by atoms with Crippen LogP contribution in [-0.4, -0.2) is 29.0 Å². The highest BCUT2D eigenvalue weighted by Crippen LogP contribution is 2.21. The summed E-state index contributed by atoms with van der Waals surface area (Å²) in [6.45, 7) is 2.71. The molecule has 0 spiro atoms. The van der Waals surface area contributed by atoms with Crippen molar-refractivity contribution >= 4 is 41.0 Å². The van der Waals surface area contributed by atoms with Gasteiger partial charge in [0.2, 0.25) is 0 Å². The van der Waals surface area contributed by atoms with Crippen LogP contribution in [0.25, 0.3) is 11.0 Å². The maximum atomic E-state index is 4.64. The summed E-state index contributed by atoms with van der Waals surface area (Å²) in [5.74, 6) is 1.74. The molecule has 0 saturated heterocycles. The Labute approximate surface area is 177 Å². The highest BCUT2D eigenvalue weighted by Gasteiger charge is 2.19. The molecule has 27 heavy (non-hydrogen) atoms. The number of benzene rings is 2. The van der Waals surface area contributed by atoms with Gasteiger partial charge in [0.15, 0.2) is 5.96 Å². The molecule has 0 bridgehead atoms. The number of fused-ring (bicyclic) bond motifs is 2. The van der Waals surface area contributed by atoms with Crippen molar-refractivity contribution in [1.82, 2.24) is 20.6 Å². The number of aryl methyl sites for hydroxylation is 2. The number of hydrogen-bond donors (Lipinski definition) is 3. The number of H-pyrrole nitrogens is 1. The fraction of sp³-hybridized carbons (Fsp3) is 0.333. The molecule has 2 aromatic carbocycles. The maximum absolute atomic E-state index is 4.64. The third-order valence-electron chi connectivity index (χ3n) is 5.02. The number of aromatic amines is 1. The maximum Gasteiger partial charge on any atom is 0.191 e. The Balaban J connectivity index is 0.00000210. The van der Waals surface area contributed by atoms with E-state index in [1.165, 1.54) is 16.7 Å². The number of guanidine groups is 1. The van der Waals surface area contributed by atoms with E-state index in [0.717, 1.165) is 42.1 Å². The Morgan fingerprint density at radius 1 is 1.22 bits per heavy atom. The number of aromatic nitrogens is 2. The van der Waals surface area contributed by atoms with E-state index >= 15 is 0 Å². The van der Waals surface area contributed by atoms with Gasteiger partial charge in [0.05, 0.1) is 17.6 Å². The summed E-state index contributed by atoms with van der Waals surface area (Å²) in [6, 6.07) is 15.4. The van der Waals surface area contributed by atoms with E-state index in [9.17, 15) is 0 Å². The summed E-state index contributed by atoms with van der Waals surface area (Å²) >= 11 is 0. The molecule has 1 aliphatic carbocycles. The van der Waals surface area contributed by atoms with E-state index in [1.54, 1.807) is 0 Å². The van der Waals surface area contributed by atoms with Crippen molar-refractivity contribution in [3.63, 3.8) is 0 Å². The predicted molar refractivity (Wildman–Crippen MR) is 122 cm³/mol. The lowest BCUT2D eigenvalue weighted by molar-refractivity contribution is 0.520. The summed E-state index contributed by atoms with van der Waals surface area (Å²) in [4.78, 5) is 12.4. The summed E-state index contributed by atoms with van der Waals surface area (Å²) < 4.78 is 0. The lowest BCUT2D eigenvalue weighted by Crippen LogP contribution is -2.45. The van der Waals surface area contributed by atoms with Crippen molar-refractivity contribution in [3.8, 4) is 0 Å². The first-order valence-electron chi connectivity index (χ1n) is 9.20. The lowest BCUT2D eigenvalue weighted by atomic mass is 9.88. The average Bonchev–Trinajstić information content (AvgIpc) is 3.07. The van der Waals surface area contributed by atoms with Gasteiger partial charge in [-0.15, -0.1) is 24.0 Å². The molecule has 1 aliphatic rings. The molecule has 1 heterocycles. The minimum Gasteiger partial charge on any atom is -0.353 e. The van der Waals surface area contributed by atoms with Gasteiger partial charge in [-0.25, -0.2) is 4.98 Å². The molecule has 0 radical (unpaired) electrons. The standard InChI is InChI=1S/C21H25N5.HI/c1-14-7-10-18-19(11-14)26-20(25-18)13-23-21(22-2)24-17-9-8-15-5-3-4-6-16(15)12-17;/h3-7,10-11,17H,8-9,12-13H2,1-2H3,(H,25,26)(H2,22,23,24);1H. The van der Waals surface area contributed by atoms with Gasteiger partial charge in [0.25, 0.3) is 0 Å². The summed E-state index contributed by atoms with van der Waals surface area (Å²) in [5, 5.41) is 6.93. The monoisotopic (exact) mass is 475 g/mol. The number of imidazole rings is 1. The molecule has 0 aliphatic heterocycles. The first kappa shape index (κ1) is 19.7. The van der Waals surface area contributed by atoms with Gasteiger partial charge >= 0.3 is 0 Å². The average molecular weight is 475 g/mol. The fourth-order valence-corrected chi connectivity index (χ4v) is 3.64. The van der Waals surface area contributed by atoms with Gasteiger partial charge in [0.1, 0.15) is 5.82 Å². The molecule has 3 aromatic rings. The van der Waals surface area contributed by atoms with Crippen LogP contribution in [0.1, 0.15) is 28.9 Å². The molecular formula is C21H26IN5. The molecule has 0 amide bonds. The minimum atomic E-state index is 0. The van der Waals surface area contributed by atoms with Crippen molar-refractivity contribution in [2.45, 2.75) is 38.8 Å². The molecule has 1 aromatic heterocycles. The zero-order chi connectivity index (χ0) is 17.9. The molecular weight excluding hydrogens is 449 g/mol. The highest BCUT2D eigenvalue weighted by molar-refractivity contribution is 14.0. The van der Waals surface area contributed by atoms with E-state index in [0.29, 0.717) is 12.6 Å². The van der Waals surface area contributed by atoms with Gasteiger partial charge < -0.3 is 15.6 Å². The van der Waals surface area contributed by atoms with Crippen LogP contribution >= 0.6 is 24.0 Å². The number of nitrogens with zero attached hydrogens (tertiary/aromatic N) is 2. The Hall–Kier alpha value is -2.09. The zero-order valence-corrected chi connectivity index (χ0v) is 18.1. The smallest absolute Gasteiger partial charge is 0.191 e. The van der Waals surface area contributed by atoms with Gasteiger partial charge in [-0.3, -0.25) is 4.99 Å². The molecule has 0 fully saturated rings. The summed E-state index contributed by atoms with van der Waals surface area (Å²) in [6.07, 6.45) is 3.29. The molecule has 1 unspecified atom stereocenters. The third kappa shape index (κ3) is 4.61. The summed E-state index contributed by atoms with van der Waals surface area (Å²) in [7, 11) is 1.81. The minimum absolute atomic E-state index is 0. The Bertz CT molecular complexity index is 947. The van der Waals surface area contributed by atoms with Gasteiger partial charge in [-0.05, 0) is 55.0 Å². The van der Waals surface area contributed by atoms with Crippen LogP contribution in [0, 0.1) is 6.92 Å². The van der Waals surface area contributed by atoms with Gasteiger partial charge in [0, 0.05) is 13.1 Å². The van der Waals surface area contributed by atoms with Gasteiger partial charge in [-0.2, -0.15) is 0 Å². The second-order valence-corrected chi connectivity index (χ2v) is 6.98. The van der Waals surface area contributed by atoms with Crippen LogP contribution in [0.3, 0.4) is 0 Å². The number of nitrogens with one attached hydrogen (secondary N) is 3. The topological polar surface area (TPSA) is 65.1 Å². The molecule has 3 N–H and O–H groups in total. The second-order valence-electron chi connectivity index (χ2n) is 6.98. The van der Waals surface area contributed by atoms with E-state index in [2.05, 4.69) is 75.0 Å². The SMILES string of the molecule is CN=C(NCc1nc2ccc(C)cc2[nH]1)NC1CCc2ccccc2C1.I. The first-order valence-corrected chi connectivity index (χ1v) is 9.20. The van der Waals surface area contributed by atoms with Crippen LogP contribution < -0.4 is 10.6 Å². The largest absolute Gasteiger partial charge is 0.353 e. The van der Waals surface area contributed by atoms with Crippen molar-refractivity contribution in [2.24, 2.45) is 4.99 Å². The molecule has 6 heteroatoms. The third-order valence-corrected chi connectivity index (χ3v) is 5.02. The van der Waals surface area contributed by atoms with Crippen molar-refractivity contribution in [3.05, 3.63) is 65.0 Å². The number of halogens is 1. The predicted octanol–water partition coefficient (Wildman–Crippen LogP) is 3.71. The van der Waals surface area contributed by atoms with Crippen molar-refractivity contribution in [1.29, 1.82) is 0 Å². The number of aliphatic imine (C=N–C) groups is 1. The first-order chi connectivity index (χ1) is 12.7. The molecule has 5 nitrogen and oxygen atoms in total. The molecule has 142 valence electrons. The van der Waals surface area contributed by atoms with Crippen LogP contribution in [-0.2, 0) is 19.4 Å². The van der Waals surface area contributed by atoms with E-state index < -0.39 is 0 Å². The lowest BCUT2D eigenvalue weighted by Gasteiger charge is -2.27. The Kier molecular flexibility index (Phi) is 6.36. The van der Waals surface area contributed by atoms with Crippen LogP contribution in [0.15, 0.2) is 47.5 Å². The Morgan fingerprint density at radius 2 is 2.04 bits per heavy atom.